The molecule has 19 heavy (non-hydrogen) atoms. The highest BCUT2D eigenvalue weighted by Gasteiger charge is 2.25. The topological polar surface area (TPSA) is 39.0 Å². The fourth-order valence-electron chi connectivity index (χ4n) is 2.85. The van der Waals surface area contributed by atoms with E-state index in [0.29, 0.717) is 6.04 Å². The Morgan fingerprint density at radius 3 is 2.58 bits per heavy atom. The Labute approximate surface area is 113 Å². The number of aryl methyl sites for hydroxylation is 2. The van der Waals surface area contributed by atoms with E-state index in [2.05, 4.69) is 23.5 Å². The van der Waals surface area contributed by atoms with Gasteiger partial charge in [-0.3, -0.25) is 9.13 Å². The molecule has 4 nitrogen and oxygen atoms in total. The second kappa shape index (κ2) is 4.53. The first-order valence-corrected chi connectivity index (χ1v) is 6.94. The highest BCUT2D eigenvalue weighted by atomic mass is 16.1. The Bertz CT molecular complexity index is 664. The standard InChI is InChI=1S/C15H21N3O/c1-16-12(8-10-4-5-10)11-6-7-13-14(9-11)18(3)15(19)17(13)2/h6-7,9-10,12,16H,4-5,8H2,1-3H3. The predicted molar refractivity (Wildman–Crippen MR) is 77.3 cm³/mol. The zero-order valence-corrected chi connectivity index (χ0v) is 11.8. The van der Waals surface area contributed by atoms with Crippen molar-refractivity contribution in [3.05, 3.63) is 34.2 Å². The number of aromatic nitrogens is 2. The summed E-state index contributed by atoms with van der Waals surface area (Å²) < 4.78 is 3.43. The molecule has 102 valence electrons. The van der Waals surface area contributed by atoms with Crippen LogP contribution in [0.4, 0.5) is 0 Å². The summed E-state index contributed by atoms with van der Waals surface area (Å²) in [5.74, 6) is 0.882. The molecule has 1 aromatic carbocycles. The molecule has 2 aromatic rings. The highest BCUT2D eigenvalue weighted by Crippen LogP contribution is 2.37. The van der Waals surface area contributed by atoms with Crippen LogP contribution in [0.2, 0.25) is 0 Å². The Balaban J connectivity index is 2.04. The van der Waals surface area contributed by atoms with Gasteiger partial charge < -0.3 is 5.32 Å². The molecule has 1 heterocycles. The summed E-state index contributed by atoms with van der Waals surface area (Å²) in [6.45, 7) is 0. The van der Waals surface area contributed by atoms with E-state index < -0.39 is 0 Å². The van der Waals surface area contributed by atoms with Crippen molar-refractivity contribution in [1.29, 1.82) is 0 Å². The molecule has 0 saturated heterocycles. The second-order valence-electron chi connectivity index (χ2n) is 5.67. The molecule has 0 bridgehead atoms. The van der Waals surface area contributed by atoms with Gasteiger partial charge in [-0.15, -0.1) is 0 Å². The van der Waals surface area contributed by atoms with Gasteiger partial charge in [-0.2, -0.15) is 0 Å². The number of hydrogen-bond donors (Lipinski definition) is 1. The monoisotopic (exact) mass is 259 g/mol. The van der Waals surface area contributed by atoms with Gasteiger partial charge in [-0.05, 0) is 37.1 Å². The largest absolute Gasteiger partial charge is 0.328 e. The minimum atomic E-state index is 0.0374. The number of nitrogens with one attached hydrogen (secondary N) is 1. The van der Waals surface area contributed by atoms with Gasteiger partial charge in [0.05, 0.1) is 11.0 Å². The van der Waals surface area contributed by atoms with Crippen molar-refractivity contribution in [2.75, 3.05) is 7.05 Å². The van der Waals surface area contributed by atoms with Gasteiger partial charge >= 0.3 is 5.69 Å². The van der Waals surface area contributed by atoms with E-state index in [0.717, 1.165) is 17.0 Å². The van der Waals surface area contributed by atoms with Crippen LogP contribution in [0, 0.1) is 5.92 Å². The van der Waals surface area contributed by atoms with Crippen molar-refractivity contribution in [3.8, 4) is 0 Å². The average Bonchev–Trinajstić information content (AvgIpc) is 3.22. The summed E-state index contributed by atoms with van der Waals surface area (Å²) in [5, 5.41) is 3.40. The van der Waals surface area contributed by atoms with Crippen LogP contribution in [-0.4, -0.2) is 16.2 Å². The Morgan fingerprint density at radius 1 is 1.26 bits per heavy atom. The molecule has 0 spiro atoms. The summed E-state index contributed by atoms with van der Waals surface area (Å²) in [5.41, 5.74) is 3.33. The lowest BCUT2D eigenvalue weighted by Crippen LogP contribution is -2.19. The molecule has 1 fully saturated rings. The smallest absolute Gasteiger partial charge is 0.313 e. The van der Waals surface area contributed by atoms with Crippen molar-refractivity contribution in [2.24, 2.45) is 20.0 Å². The zero-order chi connectivity index (χ0) is 13.6. The molecule has 1 N–H and O–H groups in total. The summed E-state index contributed by atoms with van der Waals surface area (Å²) in [7, 11) is 5.68. The lowest BCUT2D eigenvalue weighted by Gasteiger charge is -2.16. The molecule has 0 aliphatic heterocycles. The van der Waals surface area contributed by atoms with E-state index >= 15 is 0 Å². The Kier molecular flexibility index (Phi) is 2.97. The SMILES string of the molecule is CNC(CC1CC1)c1ccc2c(c1)n(C)c(=O)n2C. The van der Waals surface area contributed by atoms with E-state index in [9.17, 15) is 4.79 Å². The lowest BCUT2D eigenvalue weighted by molar-refractivity contribution is 0.515. The van der Waals surface area contributed by atoms with Gasteiger partial charge in [0.25, 0.3) is 0 Å². The number of fused-ring (bicyclic) bond motifs is 1. The number of nitrogens with zero attached hydrogens (tertiary/aromatic N) is 2. The molecule has 1 saturated carbocycles. The van der Waals surface area contributed by atoms with Gasteiger partial charge in [0, 0.05) is 20.1 Å². The first kappa shape index (κ1) is 12.5. The van der Waals surface area contributed by atoms with Crippen molar-refractivity contribution in [3.63, 3.8) is 0 Å². The van der Waals surface area contributed by atoms with E-state index in [1.807, 2.05) is 21.1 Å². The van der Waals surface area contributed by atoms with Crippen LogP contribution in [0.5, 0.6) is 0 Å². The molecule has 1 unspecified atom stereocenters. The van der Waals surface area contributed by atoms with Gasteiger partial charge in [0.15, 0.2) is 0 Å². The molecule has 0 amide bonds. The molecule has 1 aliphatic carbocycles. The van der Waals surface area contributed by atoms with Crippen LogP contribution in [0.3, 0.4) is 0 Å². The third-order valence-electron chi connectivity index (χ3n) is 4.31. The zero-order valence-electron chi connectivity index (χ0n) is 11.8. The summed E-state index contributed by atoms with van der Waals surface area (Å²) in [6, 6.07) is 6.75. The first-order valence-electron chi connectivity index (χ1n) is 6.94. The lowest BCUT2D eigenvalue weighted by atomic mass is 10.0. The van der Waals surface area contributed by atoms with Crippen molar-refractivity contribution >= 4 is 11.0 Å². The number of imidazole rings is 1. The molecule has 4 heteroatoms. The van der Waals surface area contributed by atoms with Gasteiger partial charge in [-0.1, -0.05) is 18.9 Å². The third-order valence-corrected chi connectivity index (χ3v) is 4.31. The van der Waals surface area contributed by atoms with Gasteiger partial charge in [0.1, 0.15) is 0 Å². The van der Waals surface area contributed by atoms with Crippen molar-refractivity contribution < 1.29 is 0 Å². The Hall–Kier alpha value is -1.55. The minimum absolute atomic E-state index is 0.0374. The average molecular weight is 259 g/mol. The quantitative estimate of drug-likeness (QED) is 0.911. The van der Waals surface area contributed by atoms with E-state index in [1.54, 1.807) is 9.13 Å². The van der Waals surface area contributed by atoms with Crippen LogP contribution < -0.4 is 11.0 Å². The molecular weight excluding hydrogens is 238 g/mol. The van der Waals surface area contributed by atoms with Crippen LogP contribution in [0.1, 0.15) is 30.9 Å². The minimum Gasteiger partial charge on any atom is -0.313 e. The Morgan fingerprint density at radius 2 is 1.95 bits per heavy atom. The maximum Gasteiger partial charge on any atom is 0.328 e. The van der Waals surface area contributed by atoms with E-state index in [4.69, 9.17) is 0 Å². The molecule has 0 radical (unpaired) electrons. The van der Waals surface area contributed by atoms with E-state index in [-0.39, 0.29) is 5.69 Å². The molecular formula is C15H21N3O. The maximum atomic E-state index is 11.9. The van der Waals surface area contributed by atoms with E-state index in [1.165, 1.54) is 24.8 Å². The molecule has 1 aromatic heterocycles. The van der Waals surface area contributed by atoms with Crippen LogP contribution in [0.25, 0.3) is 11.0 Å². The first-order chi connectivity index (χ1) is 9.11. The van der Waals surface area contributed by atoms with Gasteiger partial charge in [-0.25, -0.2) is 4.79 Å². The fraction of sp³-hybridized carbons (Fsp3) is 0.533. The summed E-state index contributed by atoms with van der Waals surface area (Å²) in [4.78, 5) is 11.9. The predicted octanol–water partition coefficient (Wildman–Crippen LogP) is 1.94. The second-order valence-corrected chi connectivity index (χ2v) is 5.67. The maximum absolute atomic E-state index is 11.9. The third kappa shape index (κ3) is 2.10. The van der Waals surface area contributed by atoms with Crippen molar-refractivity contribution in [2.45, 2.75) is 25.3 Å². The fourth-order valence-corrected chi connectivity index (χ4v) is 2.85. The number of hydrogen-bond acceptors (Lipinski definition) is 2. The summed E-state index contributed by atoms with van der Waals surface area (Å²) >= 11 is 0. The molecule has 3 rings (SSSR count). The normalized spacial score (nSPS) is 17.0. The highest BCUT2D eigenvalue weighted by molar-refractivity contribution is 5.77. The van der Waals surface area contributed by atoms with Crippen LogP contribution in [0.15, 0.2) is 23.0 Å². The van der Waals surface area contributed by atoms with Crippen LogP contribution in [-0.2, 0) is 14.1 Å². The molecule has 1 atom stereocenters. The molecule has 1 aliphatic rings. The van der Waals surface area contributed by atoms with Crippen LogP contribution >= 0.6 is 0 Å². The van der Waals surface area contributed by atoms with Gasteiger partial charge in [0.2, 0.25) is 0 Å². The van der Waals surface area contributed by atoms with Crippen molar-refractivity contribution in [1.82, 2.24) is 14.5 Å². The number of rotatable bonds is 4. The number of benzene rings is 1. The summed E-state index contributed by atoms with van der Waals surface area (Å²) in [6.07, 6.45) is 3.93.